The van der Waals surface area contributed by atoms with Crippen LogP contribution in [0.15, 0.2) is 9.66 Å². The van der Waals surface area contributed by atoms with E-state index in [0.717, 1.165) is 0 Å². The third kappa shape index (κ3) is 5.61. The summed E-state index contributed by atoms with van der Waals surface area (Å²) in [4.78, 5) is 0. The van der Waals surface area contributed by atoms with Crippen molar-refractivity contribution in [1.29, 1.82) is 0 Å². The van der Waals surface area contributed by atoms with Gasteiger partial charge in [-0.05, 0) is 43.4 Å². The Morgan fingerprint density at radius 2 is 1.72 bits per heavy atom. The van der Waals surface area contributed by atoms with Crippen molar-refractivity contribution in [3.8, 4) is 0 Å². The van der Waals surface area contributed by atoms with Gasteiger partial charge in [-0.2, -0.15) is 8.78 Å². The maximum Gasteiger partial charge on any atom is 0.403 e. The van der Waals surface area contributed by atoms with Crippen molar-refractivity contribution >= 4 is 30.2 Å². The molecule has 4 nitrogen and oxygen atoms in total. The molecular weight excluding hydrogens is 380 g/mol. The monoisotopic (exact) mass is 398 g/mol. The van der Waals surface area contributed by atoms with Crippen LogP contribution in [0.2, 0.25) is 0 Å². The first kappa shape index (κ1) is 18.4. The van der Waals surface area contributed by atoms with Gasteiger partial charge >= 0.3 is 13.3 Å². The molecule has 0 bridgehead atoms. The van der Waals surface area contributed by atoms with E-state index in [2.05, 4.69) is 9.05 Å². The van der Waals surface area contributed by atoms with E-state index >= 15 is 0 Å². The van der Waals surface area contributed by atoms with E-state index in [-0.39, 0.29) is 23.4 Å². The van der Waals surface area contributed by atoms with E-state index in [4.69, 9.17) is 4.74 Å². The van der Waals surface area contributed by atoms with Crippen LogP contribution in [0.1, 0.15) is 20.8 Å². The summed E-state index contributed by atoms with van der Waals surface area (Å²) >= 11 is 1.71. The summed E-state index contributed by atoms with van der Waals surface area (Å²) in [5.41, 5.74) is -3.66. The Balaban J connectivity index is 4.99. The zero-order valence-electron chi connectivity index (χ0n) is 10.6. The summed E-state index contributed by atoms with van der Waals surface area (Å²) in [6.07, 6.45) is 0.579. The molecule has 0 spiro atoms. The summed E-state index contributed by atoms with van der Waals surface area (Å²) in [6.45, 7) is 4.97. The quantitative estimate of drug-likeness (QED) is 0.432. The number of halogens is 3. The molecule has 8 heteroatoms. The molecule has 0 aliphatic heterocycles. The molecule has 0 amide bonds. The second-order valence-corrected chi connectivity index (χ2v) is 6.64. The second-order valence-electron chi connectivity index (χ2n) is 3.15. The Morgan fingerprint density at radius 3 is 2.11 bits per heavy atom. The highest BCUT2D eigenvalue weighted by molar-refractivity contribution is 14.1. The lowest BCUT2D eigenvalue weighted by atomic mass is 10.5. The minimum atomic E-state index is -4.48. The van der Waals surface area contributed by atoms with Gasteiger partial charge in [-0.3, -0.25) is 4.57 Å². The molecule has 0 aromatic carbocycles. The highest BCUT2D eigenvalue weighted by atomic mass is 127. The maximum absolute atomic E-state index is 13.9. The molecule has 0 aromatic rings. The zero-order valence-corrected chi connectivity index (χ0v) is 13.7. The molecule has 0 heterocycles. The molecule has 0 unspecified atom stereocenters. The number of hydrogen-bond donors (Lipinski definition) is 0. The summed E-state index contributed by atoms with van der Waals surface area (Å²) < 4.78 is 54.2. The van der Waals surface area contributed by atoms with Crippen molar-refractivity contribution in [1.82, 2.24) is 0 Å². The number of alkyl halides is 2. The van der Waals surface area contributed by atoms with E-state index < -0.39 is 13.3 Å². The van der Waals surface area contributed by atoms with Crippen molar-refractivity contribution in [3.63, 3.8) is 0 Å². The largest absolute Gasteiger partial charge is 0.403 e. The molecule has 18 heavy (non-hydrogen) atoms. The van der Waals surface area contributed by atoms with Crippen molar-refractivity contribution in [3.05, 3.63) is 9.66 Å². The van der Waals surface area contributed by atoms with E-state index in [1.165, 1.54) is 13.8 Å². The third-order valence-corrected chi connectivity index (χ3v) is 4.42. The van der Waals surface area contributed by atoms with E-state index in [0.29, 0.717) is 12.7 Å². The molecule has 0 fully saturated rings. The SMILES string of the molecule is CCOC/C(I)=C\C(F)(F)P(=O)(OCC)OCC. The molecule has 0 aliphatic rings. The lowest BCUT2D eigenvalue weighted by Crippen LogP contribution is -2.18. The Bertz CT molecular complexity index is 313. The second kappa shape index (κ2) is 8.58. The molecule has 0 N–H and O–H groups in total. The molecule has 0 aliphatic carbocycles. The molecule has 0 saturated carbocycles. The predicted molar refractivity (Wildman–Crippen MR) is 74.4 cm³/mol. The summed E-state index contributed by atoms with van der Waals surface area (Å²) in [7, 11) is -4.48. The van der Waals surface area contributed by atoms with Crippen LogP contribution in [-0.4, -0.2) is 32.1 Å². The van der Waals surface area contributed by atoms with Crippen LogP contribution >= 0.6 is 30.2 Å². The third-order valence-electron chi connectivity index (χ3n) is 1.74. The fourth-order valence-electron chi connectivity index (χ4n) is 1.06. The molecule has 0 saturated heterocycles. The highest BCUT2D eigenvalue weighted by Gasteiger charge is 2.51. The van der Waals surface area contributed by atoms with Crippen LogP contribution in [0.4, 0.5) is 8.78 Å². The van der Waals surface area contributed by atoms with Gasteiger partial charge < -0.3 is 13.8 Å². The molecule has 0 atom stereocenters. The first-order chi connectivity index (χ1) is 8.33. The van der Waals surface area contributed by atoms with Crippen molar-refractivity contribution in [2.45, 2.75) is 26.4 Å². The van der Waals surface area contributed by atoms with Gasteiger partial charge in [0.1, 0.15) is 0 Å². The predicted octanol–water partition coefficient (Wildman–Crippen LogP) is 4.20. The van der Waals surface area contributed by atoms with E-state index in [1.807, 2.05) is 0 Å². The molecule has 0 rings (SSSR count). The first-order valence-corrected chi connectivity index (χ1v) is 8.17. The standard InChI is InChI=1S/C10H18F2IO4P/c1-4-15-8-9(13)7-10(11,12)18(14,16-5-2)17-6-3/h7H,4-6,8H2,1-3H3/b9-7+. The Labute approximate surface area is 120 Å². The number of hydrogen-bond acceptors (Lipinski definition) is 4. The van der Waals surface area contributed by atoms with Crippen LogP contribution < -0.4 is 0 Å². The molecule has 0 radical (unpaired) electrons. The summed E-state index contributed by atoms with van der Waals surface area (Å²) in [5, 5.41) is 0. The van der Waals surface area contributed by atoms with Gasteiger partial charge in [0.05, 0.1) is 19.8 Å². The van der Waals surface area contributed by atoms with Gasteiger partial charge in [-0.15, -0.1) is 0 Å². The van der Waals surface area contributed by atoms with Crippen molar-refractivity contribution in [2.24, 2.45) is 0 Å². The molecular formula is C10H18F2IO4P. The normalized spacial score (nSPS) is 14.0. The Kier molecular flexibility index (Phi) is 8.79. The number of ether oxygens (including phenoxy) is 1. The average molecular weight is 398 g/mol. The number of allylic oxidation sites excluding steroid dienone is 1. The maximum atomic E-state index is 13.9. The van der Waals surface area contributed by atoms with E-state index in [1.54, 1.807) is 29.5 Å². The van der Waals surface area contributed by atoms with Crippen LogP contribution in [0.25, 0.3) is 0 Å². The van der Waals surface area contributed by atoms with E-state index in [9.17, 15) is 13.3 Å². The topological polar surface area (TPSA) is 44.8 Å². The fraction of sp³-hybridized carbons (Fsp3) is 0.800. The number of rotatable bonds is 9. The smallest absolute Gasteiger partial charge is 0.377 e. The summed E-state index contributed by atoms with van der Waals surface area (Å²) in [5.74, 6) is 0. The Morgan fingerprint density at radius 1 is 1.22 bits per heavy atom. The fourth-order valence-corrected chi connectivity index (χ4v) is 3.33. The average Bonchev–Trinajstić information content (AvgIpc) is 2.26. The zero-order chi connectivity index (χ0) is 14.2. The summed E-state index contributed by atoms with van der Waals surface area (Å²) in [6, 6.07) is 0. The Hall–Kier alpha value is 0.440. The van der Waals surface area contributed by atoms with Gasteiger partial charge in [0.2, 0.25) is 0 Å². The van der Waals surface area contributed by atoms with Gasteiger partial charge in [0, 0.05) is 16.3 Å². The van der Waals surface area contributed by atoms with Crippen LogP contribution in [0.3, 0.4) is 0 Å². The highest BCUT2D eigenvalue weighted by Crippen LogP contribution is 2.62. The van der Waals surface area contributed by atoms with Gasteiger partial charge in [-0.25, -0.2) is 0 Å². The molecule has 108 valence electrons. The molecule has 0 aromatic heterocycles. The lowest BCUT2D eigenvalue weighted by molar-refractivity contribution is 0.0781. The lowest BCUT2D eigenvalue weighted by Gasteiger charge is -2.23. The first-order valence-electron chi connectivity index (χ1n) is 5.55. The minimum absolute atomic E-state index is 0.0465. The van der Waals surface area contributed by atoms with Crippen molar-refractivity contribution < 1.29 is 27.1 Å². The minimum Gasteiger partial charge on any atom is -0.377 e. The van der Waals surface area contributed by atoms with Crippen LogP contribution in [0.5, 0.6) is 0 Å². The van der Waals surface area contributed by atoms with Crippen molar-refractivity contribution in [2.75, 3.05) is 26.4 Å². The van der Waals surface area contributed by atoms with Gasteiger partial charge in [0.15, 0.2) is 0 Å². The van der Waals surface area contributed by atoms with Gasteiger partial charge in [0.25, 0.3) is 0 Å². The van der Waals surface area contributed by atoms with Crippen LogP contribution in [0, 0.1) is 0 Å². The van der Waals surface area contributed by atoms with Gasteiger partial charge in [-0.1, -0.05) is 0 Å². The van der Waals surface area contributed by atoms with Crippen LogP contribution in [-0.2, 0) is 18.3 Å².